The van der Waals surface area contributed by atoms with Gasteiger partial charge in [-0.05, 0) is 25.5 Å². The van der Waals surface area contributed by atoms with E-state index in [0.29, 0.717) is 12.0 Å². The zero-order valence-electron chi connectivity index (χ0n) is 10.5. The van der Waals surface area contributed by atoms with Crippen LogP contribution in [0.5, 0.6) is 5.75 Å². The molecule has 0 heterocycles. The van der Waals surface area contributed by atoms with Crippen LogP contribution in [-0.4, -0.2) is 12.3 Å². The van der Waals surface area contributed by atoms with Crippen molar-refractivity contribution in [2.24, 2.45) is 0 Å². The number of carbonyl (C=O) groups excluding carboxylic acids is 1. The van der Waals surface area contributed by atoms with Gasteiger partial charge in [-0.25, -0.2) is 0 Å². The topological polar surface area (TPSA) is 38.3 Å². The number of nitrogens with one attached hydrogen (secondary N) is 1. The molecule has 1 aromatic rings. The monoisotopic (exact) mass is 273 g/mol. The SMILES string of the molecule is CC/C=C(/C)C(=O)Nc1ccccc1OC(F)(F)F. The van der Waals surface area contributed by atoms with Gasteiger partial charge in [0.15, 0.2) is 5.75 Å². The molecule has 19 heavy (non-hydrogen) atoms. The summed E-state index contributed by atoms with van der Waals surface area (Å²) in [5, 5.41) is 2.39. The molecule has 0 saturated heterocycles. The summed E-state index contributed by atoms with van der Waals surface area (Å²) in [4.78, 5) is 11.7. The van der Waals surface area contributed by atoms with Crippen molar-refractivity contribution in [2.45, 2.75) is 26.6 Å². The molecule has 1 aromatic carbocycles. The Balaban J connectivity index is 2.90. The second-order valence-corrected chi connectivity index (χ2v) is 3.79. The fourth-order valence-corrected chi connectivity index (χ4v) is 1.40. The minimum absolute atomic E-state index is 0.0197. The highest BCUT2D eigenvalue weighted by atomic mass is 19.4. The maximum atomic E-state index is 12.2. The molecule has 1 N–H and O–H groups in total. The van der Waals surface area contributed by atoms with Gasteiger partial charge in [-0.1, -0.05) is 25.1 Å². The minimum Gasteiger partial charge on any atom is -0.404 e. The number of benzene rings is 1. The number of amides is 1. The average Bonchev–Trinajstić information content (AvgIpc) is 2.30. The number of hydrogen-bond donors (Lipinski definition) is 1. The van der Waals surface area contributed by atoms with Crippen molar-refractivity contribution in [1.29, 1.82) is 0 Å². The Morgan fingerprint density at radius 2 is 2.00 bits per heavy atom. The summed E-state index contributed by atoms with van der Waals surface area (Å²) < 4.78 is 40.4. The van der Waals surface area contributed by atoms with E-state index in [0.717, 1.165) is 6.07 Å². The zero-order valence-corrected chi connectivity index (χ0v) is 10.5. The third kappa shape index (κ3) is 5.03. The molecular formula is C13H14F3NO2. The number of alkyl halides is 3. The molecule has 0 atom stereocenters. The van der Waals surface area contributed by atoms with E-state index in [9.17, 15) is 18.0 Å². The molecule has 1 amide bonds. The number of allylic oxidation sites excluding steroid dienone is 1. The Kier molecular flexibility index (Phi) is 4.97. The molecule has 0 aliphatic heterocycles. The first-order chi connectivity index (χ1) is 8.83. The summed E-state index contributed by atoms with van der Waals surface area (Å²) in [6.45, 7) is 3.45. The lowest BCUT2D eigenvalue weighted by atomic mass is 10.2. The molecule has 0 radical (unpaired) electrons. The first-order valence-electron chi connectivity index (χ1n) is 5.66. The van der Waals surface area contributed by atoms with E-state index in [4.69, 9.17) is 0 Å². The Hall–Kier alpha value is -1.98. The van der Waals surface area contributed by atoms with Gasteiger partial charge in [0.2, 0.25) is 0 Å². The molecule has 0 bridgehead atoms. The molecule has 3 nitrogen and oxygen atoms in total. The van der Waals surface area contributed by atoms with Crippen LogP contribution in [0.4, 0.5) is 18.9 Å². The van der Waals surface area contributed by atoms with E-state index in [-0.39, 0.29) is 5.69 Å². The van der Waals surface area contributed by atoms with Gasteiger partial charge in [0.05, 0.1) is 5.69 Å². The molecule has 0 aromatic heterocycles. The molecular weight excluding hydrogens is 259 g/mol. The van der Waals surface area contributed by atoms with Crippen molar-refractivity contribution < 1.29 is 22.7 Å². The first kappa shape index (κ1) is 15.1. The molecule has 0 fully saturated rings. The van der Waals surface area contributed by atoms with E-state index >= 15 is 0 Å². The largest absolute Gasteiger partial charge is 0.573 e. The van der Waals surface area contributed by atoms with Crippen LogP contribution >= 0.6 is 0 Å². The third-order valence-corrected chi connectivity index (χ3v) is 2.23. The van der Waals surface area contributed by atoms with Crippen LogP contribution in [0, 0.1) is 0 Å². The van der Waals surface area contributed by atoms with Crippen LogP contribution in [0.15, 0.2) is 35.9 Å². The molecule has 1 rings (SSSR count). The molecule has 0 spiro atoms. The van der Waals surface area contributed by atoms with E-state index in [2.05, 4.69) is 10.1 Å². The number of anilines is 1. The Morgan fingerprint density at radius 3 is 2.58 bits per heavy atom. The highest BCUT2D eigenvalue weighted by Crippen LogP contribution is 2.30. The smallest absolute Gasteiger partial charge is 0.404 e. The highest BCUT2D eigenvalue weighted by molar-refractivity contribution is 6.04. The van der Waals surface area contributed by atoms with Crippen LogP contribution in [0.25, 0.3) is 0 Å². The van der Waals surface area contributed by atoms with E-state index in [1.54, 1.807) is 13.0 Å². The van der Waals surface area contributed by atoms with Crippen LogP contribution in [0.2, 0.25) is 0 Å². The maximum absolute atomic E-state index is 12.2. The van der Waals surface area contributed by atoms with E-state index in [1.165, 1.54) is 18.2 Å². The average molecular weight is 273 g/mol. The van der Waals surface area contributed by atoms with Crippen molar-refractivity contribution in [3.8, 4) is 5.75 Å². The summed E-state index contributed by atoms with van der Waals surface area (Å²) in [5.41, 5.74) is 0.415. The Bertz CT molecular complexity index is 481. The third-order valence-electron chi connectivity index (χ3n) is 2.23. The number of ether oxygens (including phenoxy) is 1. The quantitative estimate of drug-likeness (QED) is 0.845. The molecule has 6 heteroatoms. The highest BCUT2D eigenvalue weighted by Gasteiger charge is 2.32. The van der Waals surface area contributed by atoms with Gasteiger partial charge in [0.1, 0.15) is 0 Å². The molecule has 0 aliphatic rings. The summed E-state index contributed by atoms with van der Waals surface area (Å²) in [6, 6.07) is 5.39. The van der Waals surface area contributed by atoms with Gasteiger partial charge in [-0.15, -0.1) is 13.2 Å². The van der Waals surface area contributed by atoms with Crippen LogP contribution < -0.4 is 10.1 Å². The van der Waals surface area contributed by atoms with Gasteiger partial charge in [0, 0.05) is 5.57 Å². The van der Waals surface area contributed by atoms with Crippen molar-refractivity contribution in [2.75, 3.05) is 5.32 Å². The lowest BCUT2D eigenvalue weighted by molar-refractivity contribution is -0.274. The summed E-state index contributed by atoms with van der Waals surface area (Å²) >= 11 is 0. The van der Waals surface area contributed by atoms with Gasteiger partial charge >= 0.3 is 6.36 Å². The van der Waals surface area contributed by atoms with Crippen LogP contribution in [0.1, 0.15) is 20.3 Å². The van der Waals surface area contributed by atoms with E-state index < -0.39 is 18.0 Å². The predicted molar refractivity (Wildman–Crippen MR) is 65.8 cm³/mol. The lowest BCUT2D eigenvalue weighted by Crippen LogP contribution is -2.19. The maximum Gasteiger partial charge on any atom is 0.573 e. The minimum atomic E-state index is -4.80. The van der Waals surface area contributed by atoms with Crippen molar-refractivity contribution in [3.05, 3.63) is 35.9 Å². The fraction of sp³-hybridized carbons (Fsp3) is 0.308. The number of rotatable bonds is 4. The second-order valence-electron chi connectivity index (χ2n) is 3.79. The lowest BCUT2D eigenvalue weighted by Gasteiger charge is -2.13. The predicted octanol–water partition coefficient (Wildman–Crippen LogP) is 3.88. The molecule has 104 valence electrons. The Labute approximate surface area is 109 Å². The fourth-order valence-electron chi connectivity index (χ4n) is 1.40. The normalized spacial score (nSPS) is 12.2. The van der Waals surface area contributed by atoms with Crippen LogP contribution in [-0.2, 0) is 4.79 Å². The second kappa shape index (κ2) is 6.26. The standard InChI is InChI=1S/C13H14F3NO2/c1-3-6-9(2)12(18)17-10-7-4-5-8-11(10)19-13(14,15)16/h4-8H,3H2,1-2H3,(H,17,18)/b9-6-. The molecule has 0 unspecified atom stereocenters. The van der Waals surface area contributed by atoms with Crippen molar-refractivity contribution in [3.63, 3.8) is 0 Å². The van der Waals surface area contributed by atoms with Gasteiger partial charge in [-0.2, -0.15) is 0 Å². The number of halogens is 3. The van der Waals surface area contributed by atoms with Gasteiger partial charge < -0.3 is 10.1 Å². The van der Waals surface area contributed by atoms with Crippen molar-refractivity contribution >= 4 is 11.6 Å². The van der Waals surface area contributed by atoms with E-state index in [1.807, 2.05) is 6.92 Å². The number of para-hydroxylation sites is 2. The summed E-state index contributed by atoms with van der Waals surface area (Å²) in [5.74, 6) is -0.896. The summed E-state index contributed by atoms with van der Waals surface area (Å²) in [6.07, 6.45) is -2.45. The van der Waals surface area contributed by atoms with Gasteiger partial charge in [-0.3, -0.25) is 4.79 Å². The number of carbonyl (C=O) groups is 1. The molecule has 0 saturated carbocycles. The van der Waals surface area contributed by atoms with Crippen LogP contribution in [0.3, 0.4) is 0 Å². The number of hydrogen-bond acceptors (Lipinski definition) is 2. The van der Waals surface area contributed by atoms with Crippen molar-refractivity contribution in [1.82, 2.24) is 0 Å². The first-order valence-corrected chi connectivity index (χ1v) is 5.66. The zero-order chi connectivity index (χ0) is 14.5. The van der Waals surface area contributed by atoms with Gasteiger partial charge in [0.25, 0.3) is 5.91 Å². The Morgan fingerprint density at radius 1 is 1.37 bits per heavy atom. The molecule has 0 aliphatic carbocycles. The summed E-state index contributed by atoms with van der Waals surface area (Å²) in [7, 11) is 0.